The minimum Gasteiger partial charge on any atom is -0.481 e. The van der Waals surface area contributed by atoms with Crippen molar-refractivity contribution in [3.63, 3.8) is 0 Å². The van der Waals surface area contributed by atoms with Crippen LogP contribution in [0.3, 0.4) is 0 Å². The maximum Gasteiger partial charge on any atom is 0.410 e. The number of nitrogens with one attached hydrogen (secondary N) is 1. The van der Waals surface area contributed by atoms with Gasteiger partial charge in [-0.05, 0) is 32.1 Å². The second-order valence-corrected chi connectivity index (χ2v) is 8.13. The van der Waals surface area contributed by atoms with Crippen LogP contribution < -0.4 is 11.1 Å². The molecule has 0 aromatic rings. The van der Waals surface area contributed by atoms with Crippen molar-refractivity contribution in [2.24, 2.45) is 17.1 Å². The highest BCUT2D eigenvalue weighted by molar-refractivity contribution is 5.79. The lowest BCUT2D eigenvalue weighted by Gasteiger charge is -2.36. The Morgan fingerprint density at radius 1 is 1.15 bits per heavy atom. The molecule has 8 heteroatoms. The van der Waals surface area contributed by atoms with Crippen molar-refractivity contribution >= 4 is 18.0 Å². The normalized spacial score (nSPS) is 18.1. The molecule has 1 rings (SSSR count). The molecule has 0 saturated heterocycles. The first-order chi connectivity index (χ1) is 11.9. The summed E-state index contributed by atoms with van der Waals surface area (Å²) in [4.78, 5) is 35.3. The highest BCUT2D eigenvalue weighted by atomic mass is 16.7. The van der Waals surface area contributed by atoms with Crippen LogP contribution in [0, 0.1) is 11.3 Å². The lowest BCUT2D eigenvalue weighted by atomic mass is 9.72. The molecule has 0 bridgehead atoms. The Balaban J connectivity index is 2.63. The predicted octanol–water partition coefficient (Wildman–Crippen LogP) is 2.40. The first-order valence-electron chi connectivity index (χ1n) is 9.11. The van der Waals surface area contributed by atoms with Gasteiger partial charge >= 0.3 is 18.0 Å². The molecule has 1 amide bonds. The summed E-state index contributed by atoms with van der Waals surface area (Å²) in [5.41, 5.74) is 4.05. The third-order valence-corrected chi connectivity index (χ3v) is 4.56. The number of hydrogen-bond donors (Lipinski definition) is 3. The van der Waals surface area contributed by atoms with Crippen LogP contribution in [-0.4, -0.2) is 41.5 Å². The maximum atomic E-state index is 12.2. The quantitative estimate of drug-likeness (QED) is 0.441. The van der Waals surface area contributed by atoms with Crippen molar-refractivity contribution in [2.75, 3.05) is 6.54 Å². The van der Waals surface area contributed by atoms with Crippen molar-refractivity contribution in [1.29, 1.82) is 0 Å². The van der Waals surface area contributed by atoms with E-state index in [4.69, 9.17) is 15.2 Å². The molecule has 0 aromatic heterocycles. The molecule has 1 unspecified atom stereocenters. The number of carboxylic acid groups (broad SMARTS) is 1. The zero-order valence-corrected chi connectivity index (χ0v) is 16.2. The number of nitrogens with two attached hydrogens (primary N) is 1. The second kappa shape index (κ2) is 9.21. The van der Waals surface area contributed by atoms with Crippen molar-refractivity contribution in [2.45, 2.75) is 78.0 Å². The summed E-state index contributed by atoms with van der Waals surface area (Å²) in [6.45, 7) is 6.74. The molecule has 26 heavy (non-hydrogen) atoms. The first kappa shape index (κ1) is 22.2. The van der Waals surface area contributed by atoms with E-state index < -0.39 is 35.3 Å². The zero-order valence-electron chi connectivity index (χ0n) is 16.2. The van der Waals surface area contributed by atoms with E-state index in [-0.39, 0.29) is 18.9 Å². The number of carboxylic acids is 1. The number of alkyl carbamates (subject to hydrolysis) is 1. The van der Waals surface area contributed by atoms with Gasteiger partial charge in [0.15, 0.2) is 0 Å². The van der Waals surface area contributed by atoms with E-state index in [1.807, 2.05) is 0 Å². The zero-order chi connectivity index (χ0) is 20.0. The molecule has 0 spiro atoms. The third kappa shape index (κ3) is 7.19. The number of carbonyl (C=O) groups is 3. The summed E-state index contributed by atoms with van der Waals surface area (Å²) in [5, 5.41) is 11.8. The molecular formula is C18H32N2O6. The van der Waals surface area contributed by atoms with E-state index in [0.717, 1.165) is 32.1 Å². The Hall–Kier alpha value is -1.83. The fourth-order valence-electron chi connectivity index (χ4n) is 3.00. The maximum absolute atomic E-state index is 12.2. The number of esters is 1. The van der Waals surface area contributed by atoms with Crippen LogP contribution >= 0.6 is 0 Å². The molecule has 1 aliphatic rings. The monoisotopic (exact) mass is 372 g/mol. The number of carbonyl (C=O) groups excluding carboxylic acids is 2. The lowest BCUT2D eigenvalue weighted by Crippen LogP contribution is -2.47. The van der Waals surface area contributed by atoms with Gasteiger partial charge in [0.2, 0.25) is 0 Å². The molecule has 0 radical (unpaired) electrons. The van der Waals surface area contributed by atoms with Gasteiger partial charge in [-0.25, -0.2) is 9.59 Å². The van der Waals surface area contributed by atoms with Gasteiger partial charge in [-0.15, -0.1) is 0 Å². The number of hydrogen-bond acceptors (Lipinski definition) is 6. The molecule has 150 valence electrons. The van der Waals surface area contributed by atoms with Crippen molar-refractivity contribution in [3.05, 3.63) is 0 Å². The molecule has 4 N–H and O–H groups in total. The summed E-state index contributed by atoms with van der Waals surface area (Å²) in [6.07, 6.45) is 2.69. The fourth-order valence-corrected chi connectivity index (χ4v) is 3.00. The van der Waals surface area contributed by atoms with Crippen molar-refractivity contribution in [1.82, 2.24) is 5.32 Å². The Morgan fingerprint density at radius 3 is 2.19 bits per heavy atom. The van der Waals surface area contributed by atoms with E-state index in [1.54, 1.807) is 13.8 Å². The Bertz CT molecular complexity index is 506. The third-order valence-electron chi connectivity index (χ3n) is 4.56. The van der Waals surface area contributed by atoms with E-state index in [2.05, 4.69) is 5.32 Å². The molecule has 8 nitrogen and oxygen atoms in total. The molecule has 1 fully saturated rings. The van der Waals surface area contributed by atoms with Crippen LogP contribution in [-0.2, 0) is 19.1 Å². The fraction of sp³-hybridized carbons (Fsp3) is 0.833. The Labute approximate surface area is 154 Å². The minimum atomic E-state index is -1.19. The summed E-state index contributed by atoms with van der Waals surface area (Å²) in [6, 6.07) is 0. The van der Waals surface area contributed by atoms with Crippen LogP contribution in [0.2, 0.25) is 0 Å². The second-order valence-electron chi connectivity index (χ2n) is 8.13. The van der Waals surface area contributed by atoms with Crippen molar-refractivity contribution < 1.29 is 29.0 Å². The average molecular weight is 372 g/mol. The highest BCUT2D eigenvalue weighted by Crippen LogP contribution is 2.38. The van der Waals surface area contributed by atoms with Crippen LogP contribution in [0.4, 0.5) is 4.79 Å². The van der Waals surface area contributed by atoms with Crippen molar-refractivity contribution in [3.8, 4) is 0 Å². The van der Waals surface area contributed by atoms with E-state index in [1.165, 1.54) is 13.8 Å². The number of amides is 1. The molecule has 1 aliphatic carbocycles. The average Bonchev–Trinajstić information content (AvgIpc) is 2.51. The lowest BCUT2D eigenvalue weighted by molar-refractivity contribution is -0.180. The smallest absolute Gasteiger partial charge is 0.410 e. The summed E-state index contributed by atoms with van der Waals surface area (Å²) in [5.74, 6) is -1.80. The summed E-state index contributed by atoms with van der Waals surface area (Å²) < 4.78 is 10.4. The number of rotatable bonds is 8. The van der Waals surface area contributed by atoms with Gasteiger partial charge < -0.3 is 25.6 Å². The van der Waals surface area contributed by atoms with Gasteiger partial charge in [-0.1, -0.05) is 33.1 Å². The van der Waals surface area contributed by atoms with Gasteiger partial charge in [-0.2, -0.15) is 0 Å². The molecule has 1 atom stereocenters. The Morgan fingerprint density at radius 2 is 1.73 bits per heavy atom. The van der Waals surface area contributed by atoms with Crippen LogP contribution in [0.25, 0.3) is 0 Å². The van der Waals surface area contributed by atoms with Gasteiger partial charge in [0, 0.05) is 12.5 Å². The largest absolute Gasteiger partial charge is 0.481 e. The van der Waals surface area contributed by atoms with Gasteiger partial charge in [-0.3, -0.25) is 4.79 Å². The van der Waals surface area contributed by atoms with Gasteiger partial charge in [0.1, 0.15) is 5.54 Å². The summed E-state index contributed by atoms with van der Waals surface area (Å²) >= 11 is 0. The van der Waals surface area contributed by atoms with Gasteiger partial charge in [0.25, 0.3) is 6.29 Å². The standard InChI is InChI=1S/C18H32N2O6/c1-12(2)14(25-15(23)17(3,4)19)26-16(24)20-11-18(10-13(21)22)8-6-5-7-9-18/h12,14H,5-11,19H2,1-4H3,(H,20,24)(H,21,22). The predicted molar refractivity (Wildman–Crippen MR) is 95.2 cm³/mol. The van der Waals surface area contributed by atoms with Crippen LogP contribution in [0.1, 0.15) is 66.2 Å². The minimum absolute atomic E-state index is 0.0111. The van der Waals surface area contributed by atoms with Crippen LogP contribution in [0.5, 0.6) is 0 Å². The molecular weight excluding hydrogens is 340 g/mol. The van der Waals surface area contributed by atoms with E-state index in [9.17, 15) is 19.5 Å². The topological polar surface area (TPSA) is 128 Å². The molecule has 1 saturated carbocycles. The highest BCUT2D eigenvalue weighted by Gasteiger charge is 2.36. The molecule has 0 aromatic carbocycles. The van der Waals surface area contributed by atoms with Gasteiger partial charge in [0.05, 0.1) is 6.42 Å². The van der Waals surface area contributed by atoms with E-state index >= 15 is 0 Å². The van der Waals surface area contributed by atoms with Crippen LogP contribution in [0.15, 0.2) is 0 Å². The number of aliphatic carboxylic acids is 1. The molecule has 0 heterocycles. The number of ether oxygens (including phenoxy) is 2. The Kier molecular flexibility index (Phi) is 7.87. The SMILES string of the molecule is CC(C)C(OC(=O)NCC1(CC(=O)O)CCCCC1)OC(=O)C(C)(C)N. The van der Waals surface area contributed by atoms with E-state index in [0.29, 0.717) is 0 Å². The molecule has 0 aliphatic heterocycles. The summed E-state index contributed by atoms with van der Waals surface area (Å²) in [7, 11) is 0. The first-order valence-corrected chi connectivity index (χ1v) is 9.11.